The van der Waals surface area contributed by atoms with Gasteiger partial charge in [-0.1, -0.05) is 15.9 Å². The third kappa shape index (κ3) is 3.96. The van der Waals surface area contributed by atoms with Crippen LogP contribution in [-0.2, 0) is 0 Å². The van der Waals surface area contributed by atoms with E-state index in [2.05, 4.69) is 15.9 Å². The van der Waals surface area contributed by atoms with E-state index in [9.17, 15) is 9.90 Å². The van der Waals surface area contributed by atoms with Gasteiger partial charge in [0.15, 0.2) is 28.8 Å². The van der Waals surface area contributed by atoms with Crippen LogP contribution in [0.15, 0.2) is 40.9 Å². The smallest absolute Gasteiger partial charge is 0.185 e. The summed E-state index contributed by atoms with van der Waals surface area (Å²) in [7, 11) is 1.48. The molecule has 0 unspecified atom stereocenters. The zero-order valence-electron chi connectivity index (χ0n) is 13.6. The summed E-state index contributed by atoms with van der Waals surface area (Å²) >= 11 is 3.40. The summed E-state index contributed by atoms with van der Waals surface area (Å²) in [4.78, 5) is 12.4. The molecular weight excluding hydrogens is 388 g/mol. The molecule has 0 bridgehead atoms. The number of phenolic OH excluding ortho intramolecular Hbond substituents is 1. The van der Waals surface area contributed by atoms with Crippen LogP contribution in [0.5, 0.6) is 23.0 Å². The van der Waals surface area contributed by atoms with Gasteiger partial charge in [-0.05, 0) is 48.0 Å². The average Bonchev–Trinajstić information content (AvgIpc) is 2.86. The summed E-state index contributed by atoms with van der Waals surface area (Å²) in [6.07, 6.45) is 3.90. The SMILES string of the molecule is COc1cc(Br)c(/C=C/C(=O)c2ccc3c(c2)OCCCO3)cc1O. The van der Waals surface area contributed by atoms with Crippen molar-refractivity contribution in [2.75, 3.05) is 20.3 Å². The molecule has 0 aromatic heterocycles. The maximum atomic E-state index is 12.4. The van der Waals surface area contributed by atoms with E-state index in [0.717, 1.165) is 6.42 Å². The molecule has 1 heterocycles. The van der Waals surface area contributed by atoms with Gasteiger partial charge in [-0.15, -0.1) is 0 Å². The number of hydrogen-bond acceptors (Lipinski definition) is 5. The van der Waals surface area contributed by atoms with Gasteiger partial charge in [-0.3, -0.25) is 4.79 Å². The lowest BCUT2D eigenvalue weighted by Crippen LogP contribution is -1.98. The number of ether oxygens (including phenoxy) is 3. The molecule has 2 aromatic rings. The predicted octanol–water partition coefficient (Wildman–Crippen LogP) is 4.22. The van der Waals surface area contributed by atoms with Crippen molar-refractivity contribution >= 4 is 27.8 Å². The molecule has 0 saturated carbocycles. The fraction of sp³-hybridized carbons (Fsp3) is 0.211. The van der Waals surface area contributed by atoms with Gasteiger partial charge in [0.05, 0.1) is 20.3 Å². The molecule has 6 heteroatoms. The highest BCUT2D eigenvalue weighted by Gasteiger charge is 2.13. The van der Waals surface area contributed by atoms with Crippen LogP contribution in [0.3, 0.4) is 0 Å². The summed E-state index contributed by atoms with van der Waals surface area (Å²) in [5.74, 6) is 1.44. The van der Waals surface area contributed by atoms with Crippen LogP contribution in [0.4, 0.5) is 0 Å². The van der Waals surface area contributed by atoms with Crippen molar-refractivity contribution < 1.29 is 24.1 Å². The molecule has 1 aliphatic heterocycles. The molecule has 0 aliphatic carbocycles. The molecule has 0 amide bonds. The second-order valence-corrected chi connectivity index (χ2v) is 6.31. The number of benzene rings is 2. The number of halogens is 1. The number of hydrogen-bond donors (Lipinski definition) is 1. The molecule has 1 aliphatic rings. The van der Waals surface area contributed by atoms with Crippen LogP contribution in [0, 0.1) is 0 Å². The van der Waals surface area contributed by atoms with E-state index < -0.39 is 0 Å². The third-order valence-electron chi connectivity index (χ3n) is 3.74. The summed E-state index contributed by atoms with van der Waals surface area (Å²) < 4.78 is 16.9. The molecule has 0 fully saturated rings. The standard InChI is InChI=1S/C19H17BrO5/c1-23-18-11-14(20)12(9-16(18)22)3-5-15(21)13-4-6-17-19(10-13)25-8-2-7-24-17/h3-6,9-11,22H,2,7-8H2,1H3/b5-3+. The Morgan fingerprint density at radius 2 is 1.96 bits per heavy atom. The molecule has 0 saturated heterocycles. The molecule has 1 N–H and O–H groups in total. The monoisotopic (exact) mass is 404 g/mol. The van der Waals surface area contributed by atoms with E-state index in [0.29, 0.717) is 46.1 Å². The van der Waals surface area contributed by atoms with E-state index >= 15 is 0 Å². The summed E-state index contributed by atoms with van der Waals surface area (Å²) in [6.45, 7) is 1.17. The number of fused-ring (bicyclic) bond motifs is 1. The van der Waals surface area contributed by atoms with Crippen LogP contribution in [0.1, 0.15) is 22.3 Å². The van der Waals surface area contributed by atoms with E-state index in [1.807, 2.05) is 0 Å². The topological polar surface area (TPSA) is 65.0 Å². The highest BCUT2D eigenvalue weighted by atomic mass is 79.9. The minimum atomic E-state index is -0.169. The van der Waals surface area contributed by atoms with Crippen LogP contribution in [-0.4, -0.2) is 31.2 Å². The first-order valence-electron chi connectivity index (χ1n) is 7.77. The molecule has 0 spiro atoms. The average molecular weight is 405 g/mol. The highest BCUT2D eigenvalue weighted by molar-refractivity contribution is 9.10. The Morgan fingerprint density at radius 3 is 2.72 bits per heavy atom. The largest absolute Gasteiger partial charge is 0.504 e. The second-order valence-electron chi connectivity index (χ2n) is 5.46. The number of methoxy groups -OCH3 is 1. The first-order valence-corrected chi connectivity index (χ1v) is 8.56. The second kappa shape index (κ2) is 7.61. The molecule has 2 aromatic carbocycles. The number of phenols is 1. The van der Waals surface area contributed by atoms with Gasteiger partial charge in [0, 0.05) is 16.5 Å². The Hall–Kier alpha value is -2.47. The quantitative estimate of drug-likeness (QED) is 0.610. The minimum Gasteiger partial charge on any atom is -0.504 e. The number of carbonyl (C=O) groups excluding carboxylic acids is 1. The molecular formula is C19H17BrO5. The maximum Gasteiger partial charge on any atom is 0.185 e. The van der Waals surface area contributed by atoms with Crippen LogP contribution in [0.25, 0.3) is 6.08 Å². The minimum absolute atomic E-state index is 0.00776. The van der Waals surface area contributed by atoms with Gasteiger partial charge < -0.3 is 19.3 Å². The van der Waals surface area contributed by atoms with E-state index in [1.165, 1.54) is 19.3 Å². The molecule has 3 rings (SSSR count). The number of carbonyl (C=O) groups is 1. The maximum absolute atomic E-state index is 12.4. The van der Waals surface area contributed by atoms with Crippen molar-refractivity contribution in [3.8, 4) is 23.0 Å². The fourth-order valence-electron chi connectivity index (χ4n) is 2.43. The molecule has 0 atom stereocenters. The Morgan fingerprint density at radius 1 is 1.20 bits per heavy atom. The first kappa shape index (κ1) is 17.4. The van der Waals surface area contributed by atoms with Gasteiger partial charge in [-0.2, -0.15) is 0 Å². The summed E-state index contributed by atoms with van der Waals surface area (Å²) in [6, 6.07) is 8.32. The number of rotatable bonds is 4. The van der Waals surface area contributed by atoms with Gasteiger partial charge >= 0.3 is 0 Å². The number of aromatic hydroxyl groups is 1. The zero-order chi connectivity index (χ0) is 17.8. The van der Waals surface area contributed by atoms with E-state index in [1.54, 1.807) is 30.3 Å². The lowest BCUT2D eigenvalue weighted by molar-refractivity contribution is 0.104. The third-order valence-corrected chi connectivity index (χ3v) is 4.43. The molecule has 0 radical (unpaired) electrons. The van der Waals surface area contributed by atoms with Crippen molar-refractivity contribution in [3.63, 3.8) is 0 Å². The van der Waals surface area contributed by atoms with Gasteiger partial charge in [0.1, 0.15) is 0 Å². The summed E-state index contributed by atoms with van der Waals surface area (Å²) in [5, 5.41) is 9.86. The van der Waals surface area contributed by atoms with Gasteiger partial charge in [0.2, 0.25) is 0 Å². The lowest BCUT2D eigenvalue weighted by atomic mass is 10.1. The Balaban J connectivity index is 1.81. The molecule has 5 nitrogen and oxygen atoms in total. The van der Waals surface area contributed by atoms with Crippen LogP contribution in [0.2, 0.25) is 0 Å². The number of ketones is 1. The van der Waals surface area contributed by atoms with Gasteiger partial charge in [-0.25, -0.2) is 0 Å². The molecule has 130 valence electrons. The van der Waals surface area contributed by atoms with Crippen molar-refractivity contribution in [2.45, 2.75) is 6.42 Å². The fourth-order valence-corrected chi connectivity index (χ4v) is 2.88. The van der Waals surface area contributed by atoms with Crippen LogP contribution >= 0.6 is 15.9 Å². The Bertz CT molecular complexity index is 829. The van der Waals surface area contributed by atoms with Crippen molar-refractivity contribution in [3.05, 3.63) is 52.0 Å². The Labute approximate surface area is 154 Å². The summed E-state index contributed by atoms with van der Waals surface area (Å²) in [5.41, 5.74) is 1.18. The van der Waals surface area contributed by atoms with Crippen LogP contribution < -0.4 is 14.2 Å². The predicted molar refractivity (Wildman–Crippen MR) is 97.8 cm³/mol. The van der Waals surface area contributed by atoms with Crippen molar-refractivity contribution in [2.24, 2.45) is 0 Å². The lowest BCUT2D eigenvalue weighted by Gasteiger charge is -2.08. The highest BCUT2D eigenvalue weighted by Crippen LogP contribution is 2.33. The van der Waals surface area contributed by atoms with Crippen molar-refractivity contribution in [1.82, 2.24) is 0 Å². The zero-order valence-corrected chi connectivity index (χ0v) is 15.2. The van der Waals surface area contributed by atoms with Crippen molar-refractivity contribution in [1.29, 1.82) is 0 Å². The Kier molecular flexibility index (Phi) is 5.28. The van der Waals surface area contributed by atoms with E-state index in [-0.39, 0.29) is 11.5 Å². The van der Waals surface area contributed by atoms with E-state index in [4.69, 9.17) is 14.2 Å². The molecule has 25 heavy (non-hydrogen) atoms. The van der Waals surface area contributed by atoms with Gasteiger partial charge in [0.25, 0.3) is 0 Å². The first-order chi connectivity index (χ1) is 12.1. The number of allylic oxidation sites excluding steroid dienone is 1. The normalized spacial score (nSPS) is 13.5.